The first-order valence-electron chi connectivity index (χ1n) is 5.36. The standard InChI is InChI=1S/C13H17FO3/c1-13(2,3)17-11(15)8-9-6-5-7-10(16-4)12(9)14/h5-7H,8H2,1-4H3. The zero-order chi connectivity index (χ0) is 13.1. The van der Waals surface area contributed by atoms with Crippen LogP contribution in [0.3, 0.4) is 0 Å². The van der Waals surface area contributed by atoms with Gasteiger partial charge in [0.2, 0.25) is 0 Å². The van der Waals surface area contributed by atoms with Crippen molar-refractivity contribution in [2.75, 3.05) is 7.11 Å². The Morgan fingerprint density at radius 2 is 2.00 bits per heavy atom. The average Bonchev–Trinajstić information content (AvgIpc) is 2.18. The molecule has 0 saturated heterocycles. The van der Waals surface area contributed by atoms with E-state index < -0.39 is 17.4 Å². The van der Waals surface area contributed by atoms with Crippen LogP contribution in [-0.4, -0.2) is 18.7 Å². The molecule has 0 amide bonds. The maximum Gasteiger partial charge on any atom is 0.310 e. The lowest BCUT2D eigenvalue weighted by Gasteiger charge is -2.19. The number of benzene rings is 1. The normalized spacial score (nSPS) is 11.1. The van der Waals surface area contributed by atoms with E-state index in [2.05, 4.69) is 0 Å². The molecule has 94 valence electrons. The molecule has 0 N–H and O–H groups in total. The molecule has 0 aliphatic carbocycles. The molecule has 3 nitrogen and oxygen atoms in total. The number of ether oxygens (including phenoxy) is 2. The van der Waals surface area contributed by atoms with E-state index >= 15 is 0 Å². The molecule has 0 heterocycles. The molecule has 0 spiro atoms. The molecule has 0 aliphatic rings. The minimum Gasteiger partial charge on any atom is -0.494 e. The van der Waals surface area contributed by atoms with Crippen molar-refractivity contribution in [2.24, 2.45) is 0 Å². The van der Waals surface area contributed by atoms with Gasteiger partial charge in [-0.2, -0.15) is 0 Å². The van der Waals surface area contributed by atoms with Gasteiger partial charge in [-0.15, -0.1) is 0 Å². The summed E-state index contributed by atoms with van der Waals surface area (Å²) in [7, 11) is 1.38. The minimum atomic E-state index is -0.563. The second kappa shape index (κ2) is 5.17. The van der Waals surface area contributed by atoms with Gasteiger partial charge in [0, 0.05) is 5.56 Å². The van der Waals surface area contributed by atoms with Crippen molar-refractivity contribution in [3.63, 3.8) is 0 Å². The van der Waals surface area contributed by atoms with Crippen molar-refractivity contribution in [2.45, 2.75) is 32.8 Å². The predicted molar refractivity (Wildman–Crippen MR) is 62.5 cm³/mol. The number of carbonyl (C=O) groups is 1. The predicted octanol–water partition coefficient (Wildman–Crippen LogP) is 2.72. The highest BCUT2D eigenvalue weighted by atomic mass is 19.1. The third-order valence-corrected chi connectivity index (χ3v) is 2.02. The molecule has 0 aliphatic heterocycles. The molecule has 0 radical (unpaired) electrons. The first-order valence-corrected chi connectivity index (χ1v) is 5.36. The van der Waals surface area contributed by atoms with Gasteiger partial charge < -0.3 is 9.47 Å². The highest BCUT2D eigenvalue weighted by Crippen LogP contribution is 2.21. The molecular formula is C13H17FO3. The molecule has 17 heavy (non-hydrogen) atoms. The molecule has 0 aromatic heterocycles. The highest BCUT2D eigenvalue weighted by Gasteiger charge is 2.18. The topological polar surface area (TPSA) is 35.5 Å². The molecule has 1 aromatic carbocycles. The first kappa shape index (κ1) is 13.5. The van der Waals surface area contributed by atoms with E-state index in [0.717, 1.165) is 0 Å². The van der Waals surface area contributed by atoms with Gasteiger partial charge in [0.1, 0.15) is 5.60 Å². The van der Waals surface area contributed by atoms with Crippen LogP contribution < -0.4 is 4.74 Å². The molecule has 0 fully saturated rings. The lowest BCUT2D eigenvalue weighted by Crippen LogP contribution is -2.25. The van der Waals surface area contributed by atoms with Crippen molar-refractivity contribution in [3.8, 4) is 5.75 Å². The summed E-state index contributed by atoms with van der Waals surface area (Å²) >= 11 is 0. The summed E-state index contributed by atoms with van der Waals surface area (Å²) in [6.07, 6.45) is -0.0969. The number of hydrogen-bond donors (Lipinski definition) is 0. The van der Waals surface area contributed by atoms with Crippen LogP contribution in [0.15, 0.2) is 18.2 Å². The fourth-order valence-corrected chi connectivity index (χ4v) is 1.38. The summed E-state index contributed by atoms with van der Waals surface area (Å²) in [6, 6.07) is 4.69. The Morgan fingerprint density at radius 3 is 2.53 bits per heavy atom. The lowest BCUT2D eigenvalue weighted by atomic mass is 10.1. The van der Waals surface area contributed by atoms with Crippen molar-refractivity contribution in [3.05, 3.63) is 29.6 Å². The monoisotopic (exact) mass is 240 g/mol. The van der Waals surface area contributed by atoms with Crippen LogP contribution in [0.5, 0.6) is 5.75 Å². The first-order chi connectivity index (χ1) is 7.83. The Labute approximate surface area is 101 Å². The van der Waals surface area contributed by atoms with Gasteiger partial charge >= 0.3 is 5.97 Å². The number of esters is 1. The van der Waals surface area contributed by atoms with Gasteiger partial charge in [-0.1, -0.05) is 12.1 Å². The number of hydrogen-bond acceptors (Lipinski definition) is 3. The fraction of sp³-hybridized carbons (Fsp3) is 0.462. The molecule has 0 bridgehead atoms. The summed E-state index contributed by atoms with van der Waals surface area (Å²) in [5.74, 6) is -0.837. The van der Waals surface area contributed by atoms with E-state index in [4.69, 9.17) is 9.47 Å². The van der Waals surface area contributed by atoms with Crippen molar-refractivity contribution in [1.29, 1.82) is 0 Å². The van der Waals surface area contributed by atoms with Crippen LogP contribution in [0.4, 0.5) is 4.39 Å². The van der Waals surface area contributed by atoms with Gasteiger partial charge in [-0.25, -0.2) is 4.39 Å². The van der Waals surface area contributed by atoms with Gasteiger partial charge in [-0.05, 0) is 26.8 Å². The fourth-order valence-electron chi connectivity index (χ4n) is 1.38. The van der Waals surface area contributed by atoms with E-state index in [1.165, 1.54) is 13.2 Å². The Kier molecular flexibility index (Phi) is 4.10. The highest BCUT2D eigenvalue weighted by molar-refractivity contribution is 5.73. The minimum absolute atomic E-state index is 0.0969. The smallest absolute Gasteiger partial charge is 0.310 e. The molecular weight excluding hydrogens is 223 g/mol. The Hall–Kier alpha value is -1.58. The number of rotatable bonds is 3. The molecule has 0 saturated carbocycles. The Balaban J connectivity index is 2.79. The van der Waals surface area contributed by atoms with Crippen LogP contribution in [0.25, 0.3) is 0 Å². The summed E-state index contributed by atoms with van der Waals surface area (Å²) in [4.78, 5) is 11.6. The summed E-state index contributed by atoms with van der Waals surface area (Å²) < 4.78 is 23.7. The van der Waals surface area contributed by atoms with Crippen LogP contribution in [0.1, 0.15) is 26.3 Å². The summed E-state index contributed by atoms with van der Waals surface area (Å²) in [6.45, 7) is 5.31. The Morgan fingerprint density at radius 1 is 1.35 bits per heavy atom. The maximum atomic E-state index is 13.7. The van der Waals surface area contributed by atoms with Gasteiger partial charge in [0.25, 0.3) is 0 Å². The van der Waals surface area contributed by atoms with Crippen LogP contribution in [0.2, 0.25) is 0 Å². The van der Waals surface area contributed by atoms with Gasteiger partial charge in [-0.3, -0.25) is 4.79 Å². The van der Waals surface area contributed by atoms with Crippen LogP contribution >= 0.6 is 0 Å². The lowest BCUT2D eigenvalue weighted by molar-refractivity contribution is -0.153. The largest absolute Gasteiger partial charge is 0.494 e. The average molecular weight is 240 g/mol. The zero-order valence-corrected chi connectivity index (χ0v) is 10.5. The van der Waals surface area contributed by atoms with Crippen molar-refractivity contribution >= 4 is 5.97 Å². The Bertz CT molecular complexity index is 408. The van der Waals surface area contributed by atoms with Crippen LogP contribution in [-0.2, 0) is 16.0 Å². The third kappa shape index (κ3) is 4.06. The van der Waals surface area contributed by atoms with Gasteiger partial charge in [0.05, 0.1) is 13.5 Å². The van der Waals surface area contributed by atoms with E-state index in [0.29, 0.717) is 0 Å². The molecule has 4 heteroatoms. The zero-order valence-electron chi connectivity index (χ0n) is 10.5. The van der Waals surface area contributed by atoms with E-state index in [-0.39, 0.29) is 17.7 Å². The quantitative estimate of drug-likeness (QED) is 0.762. The van der Waals surface area contributed by atoms with Crippen molar-refractivity contribution < 1.29 is 18.7 Å². The number of carbonyl (C=O) groups excluding carboxylic acids is 1. The van der Waals surface area contributed by atoms with E-state index in [1.807, 2.05) is 0 Å². The van der Waals surface area contributed by atoms with Crippen molar-refractivity contribution in [1.82, 2.24) is 0 Å². The number of methoxy groups -OCH3 is 1. The molecule has 1 aromatic rings. The molecule has 1 rings (SSSR count). The van der Waals surface area contributed by atoms with Crippen LogP contribution in [0, 0.1) is 5.82 Å². The second-order valence-corrected chi connectivity index (χ2v) is 4.70. The van der Waals surface area contributed by atoms with E-state index in [1.54, 1.807) is 32.9 Å². The summed E-state index contributed by atoms with van der Waals surface area (Å²) in [5, 5.41) is 0. The number of halogens is 1. The van der Waals surface area contributed by atoms with Gasteiger partial charge in [0.15, 0.2) is 11.6 Å². The SMILES string of the molecule is COc1cccc(CC(=O)OC(C)(C)C)c1F. The maximum absolute atomic E-state index is 13.7. The molecule has 0 atom stereocenters. The second-order valence-electron chi connectivity index (χ2n) is 4.70. The summed E-state index contributed by atoms with van der Waals surface area (Å²) in [5.41, 5.74) is -0.287. The third-order valence-electron chi connectivity index (χ3n) is 2.02. The van der Waals surface area contributed by atoms with E-state index in [9.17, 15) is 9.18 Å². The molecule has 0 unspecified atom stereocenters.